The molecule has 0 aliphatic carbocycles. The number of aliphatic hydroxyl groups excluding tert-OH is 2. The van der Waals surface area contributed by atoms with Gasteiger partial charge in [0.05, 0.1) is 38.0 Å². The molecule has 3 fully saturated rings. The van der Waals surface area contributed by atoms with Crippen molar-refractivity contribution in [2.45, 2.75) is 42.5 Å². The van der Waals surface area contributed by atoms with Crippen molar-refractivity contribution in [3.8, 4) is 0 Å². The van der Waals surface area contributed by atoms with Crippen LogP contribution in [0.4, 0.5) is 11.8 Å². The van der Waals surface area contributed by atoms with E-state index in [9.17, 15) is 33.9 Å². The van der Waals surface area contributed by atoms with Crippen LogP contribution in [0.3, 0.4) is 0 Å². The summed E-state index contributed by atoms with van der Waals surface area (Å²) in [5.74, 6) is -0.249. The topological polar surface area (TPSA) is 317 Å². The van der Waals surface area contributed by atoms with Gasteiger partial charge in [-0.15, -0.1) is 0 Å². The number of aromatic nitrogens is 7. The van der Waals surface area contributed by atoms with E-state index in [1.807, 2.05) is 0 Å². The minimum atomic E-state index is -5.24. The number of phosphoric acid groups is 2. The number of nitrogens with one attached hydrogen (secondary N) is 1. The predicted molar refractivity (Wildman–Crippen MR) is 146 cm³/mol. The number of imidazole rings is 2. The van der Waals surface area contributed by atoms with Gasteiger partial charge in [-0.05, 0) is 6.07 Å². The fourth-order valence-corrected chi connectivity index (χ4v) is 7.52. The maximum Gasteiger partial charge on any atom is 0.474 e. The van der Waals surface area contributed by atoms with Crippen LogP contribution in [0.15, 0.2) is 29.7 Å². The van der Waals surface area contributed by atoms with Crippen molar-refractivity contribution in [2.24, 2.45) is 0 Å². The van der Waals surface area contributed by atoms with Gasteiger partial charge in [0.15, 0.2) is 23.2 Å². The van der Waals surface area contributed by atoms with Crippen LogP contribution >= 0.6 is 15.6 Å². The summed E-state index contributed by atoms with van der Waals surface area (Å²) >= 11 is 0. The predicted octanol–water partition coefficient (Wildman–Crippen LogP) is -1.95. The van der Waals surface area contributed by atoms with Gasteiger partial charge in [0, 0.05) is 6.20 Å². The fourth-order valence-electron chi connectivity index (χ4n) is 5.52. The smallest absolute Gasteiger partial charge is 0.386 e. The zero-order valence-corrected chi connectivity index (χ0v) is 24.4. The molecule has 22 nitrogen and oxygen atoms in total. The standard InChI is InChI=1S/C21H25N9O13P2/c22-16-11-8(1-2-24-16)29(6-25-11)19-13(31)14-9(41-19)3-40-45(36,37)43-21(5-38-10(15(21)32)4-39-44(34,35)42-14)30-7-26-12-17(30)27-20(23)28-18(12)33/h1-2,6-7,9-10,13-15,19,31-32H,3-5H2,(H2,22,24)(H,34,35)(H,36,37)(H3,23,27,28,33)/t9-,10-,13-,14-,15-,19-,21-/m1/s1. The molecule has 3 saturated heterocycles. The Balaban J connectivity index is 1.26. The number of H-pyrrole nitrogens is 1. The summed E-state index contributed by atoms with van der Waals surface area (Å²) in [4.78, 5) is 52.2. The van der Waals surface area contributed by atoms with Gasteiger partial charge in [-0.2, -0.15) is 4.98 Å². The van der Waals surface area contributed by atoms with E-state index in [1.54, 1.807) is 0 Å². The lowest BCUT2D eigenvalue weighted by molar-refractivity contribution is -0.109. The van der Waals surface area contributed by atoms with Crippen LogP contribution < -0.4 is 17.0 Å². The summed E-state index contributed by atoms with van der Waals surface area (Å²) in [7, 11) is -10.3. The van der Waals surface area contributed by atoms with E-state index < -0.39 is 83.5 Å². The Hall–Kier alpha value is -3.37. The number of hydrogen-bond acceptors (Lipinski definition) is 17. The molecular weight excluding hydrogens is 648 g/mol. The lowest BCUT2D eigenvalue weighted by Gasteiger charge is -2.34. The molecular formula is C21H25N9O13P2. The van der Waals surface area contributed by atoms with Crippen molar-refractivity contribution in [3.05, 3.63) is 35.3 Å². The molecule has 24 heteroatoms. The van der Waals surface area contributed by atoms with Crippen molar-refractivity contribution in [1.82, 2.24) is 34.1 Å². The third-order valence-corrected chi connectivity index (χ3v) is 9.60. The molecule has 0 aromatic carbocycles. The van der Waals surface area contributed by atoms with Crippen molar-refractivity contribution in [2.75, 3.05) is 31.3 Å². The molecule has 0 amide bonds. The Morgan fingerprint density at radius 1 is 1.02 bits per heavy atom. The van der Waals surface area contributed by atoms with E-state index in [4.69, 9.17) is 39.0 Å². The summed E-state index contributed by atoms with van der Waals surface area (Å²) in [6, 6.07) is 1.53. The SMILES string of the molecule is Nc1nc2c(ncn2[C@]23CO[C@H](COP(=O)(O)O[C@H]4[C@@H](O)[C@H](n5cnc6c(N)nccc65)O[C@@H]4COP(=O)(O)O2)[C@H]3O)c(=O)[nH]1. The second-order valence-electron chi connectivity index (χ2n) is 10.3. The molecule has 4 aromatic rings. The largest absolute Gasteiger partial charge is 0.474 e. The zero-order valence-electron chi connectivity index (χ0n) is 22.6. The Morgan fingerprint density at radius 3 is 2.56 bits per heavy atom. The molecule has 0 radical (unpaired) electrons. The minimum absolute atomic E-state index is 0.0913. The molecule has 9 N–H and O–H groups in total. The monoisotopic (exact) mass is 673 g/mol. The molecule has 3 aliphatic heterocycles. The molecule has 7 heterocycles. The number of phosphoric ester groups is 2. The molecule has 45 heavy (non-hydrogen) atoms. The van der Waals surface area contributed by atoms with Crippen molar-refractivity contribution >= 4 is 49.6 Å². The molecule has 4 aromatic heterocycles. The summed E-state index contributed by atoms with van der Waals surface area (Å²) in [6.07, 6.45) is -5.86. The van der Waals surface area contributed by atoms with Crippen LogP contribution in [0.5, 0.6) is 0 Å². The maximum atomic E-state index is 13.4. The van der Waals surface area contributed by atoms with E-state index in [0.29, 0.717) is 5.52 Å². The second kappa shape index (κ2) is 10.6. The molecule has 9 atom stereocenters. The first-order valence-electron chi connectivity index (χ1n) is 13.1. The number of pyridine rings is 1. The van der Waals surface area contributed by atoms with Crippen LogP contribution in [0.1, 0.15) is 6.23 Å². The van der Waals surface area contributed by atoms with E-state index in [2.05, 4.69) is 24.9 Å². The lowest BCUT2D eigenvalue weighted by atomic mass is 10.1. The summed E-state index contributed by atoms with van der Waals surface area (Å²) < 4.78 is 61.4. The molecule has 0 spiro atoms. The third-order valence-electron chi connectivity index (χ3n) is 7.59. The number of rotatable bonds is 2. The third kappa shape index (κ3) is 5.04. The Kier molecular flexibility index (Phi) is 7.13. The number of aliphatic hydroxyl groups is 2. The highest BCUT2D eigenvalue weighted by atomic mass is 31.2. The van der Waals surface area contributed by atoms with Crippen LogP contribution in [0.2, 0.25) is 0 Å². The second-order valence-corrected chi connectivity index (χ2v) is 13.1. The number of aromatic amines is 1. The van der Waals surface area contributed by atoms with Gasteiger partial charge in [0.2, 0.25) is 11.7 Å². The molecule has 0 saturated carbocycles. The van der Waals surface area contributed by atoms with E-state index >= 15 is 0 Å². The van der Waals surface area contributed by atoms with E-state index in [1.165, 1.54) is 23.2 Å². The Bertz CT molecular complexity index is 1950. The Morgan fingerprint density at radius 2 is 1.76 bits per heavy atom. The normalized spacial score (nSPS) is 37.7. The summed E-state index contributed by atoms with van der Waals surface area (Å²) in [5.41, 5.74) is 8.60. The van der Waals surface area contributed by atoms with E-state index in [0.717, 1.165) is 10.9 Å². The van der Waals surface area contributed by atoms with Gasteiger partial charge in [-0.1, -0.05) is 0 Å². The molecule has 7 rings (SSSR count). The van der Waals surface area contributed by atoms with Gasteiger partial charge < -0.3 is 45.5 Å². The van der Waals surface area contributed by atoms with Gasteiger partial charge in [-0.3, -0.25) is 32.4 Å². The lowest BCUT2D eigenvalue weighted by Crippen LogP contribution is -2.48. The Labute approximate surface area is 249 Å². The highest BCUT2D eigenvalue weighted by Crippen LogP contribution is 2.55. The molecule has 3 aliphatic rings. The number of hydrogen-bond donors (Lipinski definition) is 7. The van der Waals surface area contributed by atoms with Crippen LogP contribution in [-0.2, 0) is 42.4 Å². The van der Waals surface area contributed by atoms with E-state index in [-0.39, 0.29) is 28.4 Å². The minimum Gasteiger partial charge on any atom is -0.386 e. The number of anilines is 2. The molecule has 2 unspecified atom stereocenters. The maximum absolute atomic E-state index is 13.4. The zero-order chi connectivity index (χ0) is 31.9. The number of fused-ring (bicyclic) bond motifs is 5. The van der Waals surface area contributed by atoms with Crippen LogP contribution in [0, 0.1) is 0 Å². The van der Waals surface area contributed by atoms with Crippen molar-refractivity contribution in [3.63, 3.8) is 0 Å². The van der Waals surface area contributed by atoms with Crippen molar-refractivity contribution in [1.29, 1.82) is 0 Å². The number of nitrogens with zero attached hydrogens (tertiary/aromatic N) is 6. The number of ether oxygens (including phenoxy) is 2. The first-order valence-corrected chi connectivity index (χ1v) is 16.0. The molecule has 242 valence electrons. The summed E-state index contributed by atoms with van der Waals surface area (Å²) in [5, 5.41) is 22.5. The first-order chi connectivity index (χ1) is 21.3. The quantitative estimate of drug-likeness (QED) is 0.114. The average Bonchev–Trinajstić information content (AvgIpc) is 3.73. The highest BCUT2D eigenvalue weighted by molar-refractivity contribution is 7.47. The fraction of sp³-hybridized carbons (Fsp3) is 0.476. The van der Waals surface area contributed by atoms with Gasteiger partial charge in [-0.25, -0.2) is 24.1 Å². The van der Waals surface area contributed by atoms with Crippen LogP contribution in [-0.4, -0.2) is 104 Å². The van der Waals surface area contributed by atoms with Gasteiger partial charge in [0.25, 0.3) is 5.56 Å². The number of nitrogen functional groups attached to an aromatic ring is 2. The average molecular weight is 673 g/mol. The summed E-state index contributed by atoms with van der Waals surface area (Å²) in [6.45, 7) is -2.34. The van der Waals surface area contributed by atoms with Crippen LogP contribution in [0.25, 0.3) is 22.2 Å². The van der Waals surface area contributed by atoms with Crippen molar-refractivity contribution < 1.29 is 56.7 Å². The molecule has 2 bridgehead atoms. The van der Waals surface area contributed by atoms with Gasteiger partial charge in [0.1, 0.15) is 36.0 Å². The number of nitrogens with two attached hydrogens (primary N) is 2. The highest BCUT2D eigenvalue weighted by Gasteiger charge is 2.58. The first kappa shape index (κ1) is 30.3. The van der Waals surface area contributed by atoms with Gasteiger partial charge >= 0.3 is 15.6 Å².